The molecule has 0 aromatic carbocycles. The first-order chi connectivity index (χ1) is 6.33. The number of rotatable bonds is 1. The molecule has 0 aliphatic rings. The van der Waals surface area contributed by atoms with Gasteiger partial charge in [-0.25, -0.2) is 14.8 Å². The first kappa shape index (κ1) is 7.55. The van der Waals surface area contributed by atoms with E-state index in [1.807, 2.05) is 0 Å². The SMILES string of the molecule is C#CCn1c(=O)[nH]c2ncncc21. The summed E-state index contributed by atoms with van der Waals surface area (Å²) in [4.78, 5) is 21.5. The van der Waals surface area contributed by atoms with Crippen LogP contribution in [0.15, 0.2) is 17.3 Å². The van der Waals surface area contributed by atoms with Crippen molar-refractivity contribution in [3.63, 3.8) is 0 Å². The highest BCUT2D eigenvalue weighted by Crippen LogP contribution is 2.02. The number of terminal acetylenes is 1. The standard InChI is InChI=1S/C8H6N4O/c1-2-3-12-6-4-9-5-10-7(6)11-8(12)13/h1,4-5H,3H2,(H,9,10,11,13). The van der Waals surface area contributed by atoms with Gasteiger partial charge >= 0.3 is 5.69 Å². The molecule has 0 radical (unpaired) electrons. The van der Waals surface area contributed by atoms with Crippen molar-refractivity contribution in [2.24, 2.45) is 0 Å². The van der Waals surface area contributed by atoms with Crippen molar-refractivity contribution in [3.8, 4) is 12.3 Å². The Morgan fingerprint density at radius 2 is 2.54 bits per heavy atom. The lowest BCUT2D eigenvalue weighted by molar-refractivity contribution is 0.825. The van der Waals surface area contributed by atoms with E-state index in [0.29, 0.717) is 11.2 Å². The van der Waals surface area contributed by atoms with E-state index in [1.54, 1.807) is 6.20 Å². The molecule has 1 N–H and O–H groups in total. The maximum absolute atomic E-state index is 11.3. The molecule has 5 nitrogen and oxygen atoms in total. The number of aromatic amines is 1. The van der Waals surface area contributed by atoms with E-state index >= 15 is 0 Å². The average molecular weight is 174 g/mol. The molecule has 0 amide bonds. The summed E-state index contributed by atoms with van der Waals surface area (Å²) in [6, 6.07) is 0. The van der Waals surface area contributed by atoms with Crippen LogP contribution in [-0.2, 0) is 6.54 Å². The summed E-state index contributed by atoms with van der Waals surface area (Å²) in [7, 11) is 0. The second-order valence-electron chi connectivity index (χ2n) is 2.48. The van der Waals surface area contributed by atoms with Gasteiger partial charge in [0.25, 0.3) is 0 Å². The van der Waals surface area contributed by atoms with Crippen LogP contribution in [0.4, 0.5) is 0 Å². The van der Waals surface area contributed by atoms with Crippen LogP contribution in [0, 0.1) is 12.3 Å². The van der Waals surface area contributed by atoms with Crippen molar-refractivity contribution in [1.29, 1.82) is 0 Å². The number of hydrogen-bond acceptors (Lipinski definition) is 3. The monoisotopic (exact) mass is 174 g/mol. The quantitative estimate of drug-likeness (QED) is 0.606. The van der Waals surface area contributed by atoms with Gasteiger partial charge in [0, 0.05) is 0 Å². The van der Waals surface area contributed by atoms with E-state index in [4.69, 9.17) is 6.42 Å². The molecule has 2 aromatic rings. The molecule has 0 aliphatic heterocycles. The molecule has 0 atom stereocenters. The number of aromatic nitrogens is 4. The third-order valence-corrected chi connectivity index (χ3v) is 1.70. The normalized spacial score (nSPS) is 10.1. The molecule has 0 fully saturated rings. The lowest BCUT2D eigenvalue weighted by Gasteiger charge is -1.93. The number of nitrogens with zero attached hydrogens (tertiary/aromatic N) is 3. The van der Waals surface area contributed by atoms with E-state index in [9.17, 15) is 4.79 Å². The molecule has 0 saturated carbocycles. The Kier molecular flexibility index (Phi) is 1.60. The zero-order chi connectivity index (χ0) is 9.26. The van der Waals surface area contributed by atoms with Crippen molar-refractivity contribution in [1.82, 2.24) is 19.5 Å². The van der Waals surface area contributed by atoms with Crippen molar-refractivity contribution < 1.29 is 0 Å². The Hall–Kier alpha value is -2.09. The first-order valence-corrected chi connectivity index (χ1v) is 3.65. The fourth-order valence-electron chi connectivity index (χ4n) is 1.14. The zero-order valence-corrected chi connectivity index (χ0v) is 6.69. The maximum Gasteiger partial charge on any atom is 0.328 e. The Morgan fingerprint density at radius 3 is 3.31 bits per heavy atom. The molecule has 0 spiro atoms. The molecule has 2 rings (SSSR count). The third kappa shape index (κ3) is 1.08. The fraction of sp³-hybridized carbons (Fsp3) is 0.125. The maximum atomic E-state index is 11.3. The molecule has 0 bridgehead atoms. The van der Waals surface area contributed by atoms with Gasteiger partial charge in [0.1, 0.15) is 11.8 Å². The summed E-state index contributed by atoms with van der Waals surface area (Å²) >= 11 is 0. The highest BCUT2D eigenvalue weighted by atomic mass is 16.1. The van der Waals surface area contributed by atoms with E-state index in [0.717, 1.165) is 0 Å². The smallest absolute Gasteiger partial charge is 0.290 e. The van der Waals surface area contributed by atoms with Gasteiger partial charge < -0.3 is 0 Å². The van der Waals surface area contributed by atoms with Crippen LogP contribution >= 0.6 is 0 Å². The highest BCUT2D eigenvalue weighted by Gasteiger charge is 2.04. The van der Waals surface area contributed by atoms with Gasteiger partial charge in [0.05, 0.1) is 12.7 Å². The molecule has 0 saturated heterocycles. The summed E-state index contributed by atoms with van der Waals surface area (Å²) in [6.45, 7) is 0.228. The van der Waals surface area contributed by atoms with Crippen LogP contribution in [0.2, 0.25) is 0 Å². The molecule has 0 aliphatic carbocycles. The molecular formula is C8H6N4O. The fourth-order valence-corrected chi connectivity index (χ4v) is 1.14. The minimum atomic E-state index is -0.256. The van der Waals surface area contributed by atoms with Gasteiger partial charge in [-0.05, 0) is 0 Å². The van der Waals surface area contributed by atoms with Crippen LogP contribution in [0.25, 0.3) is 11.2 Å². The minimum absolute atomic E-state index is 0.228. The molecular weight excluding hydrogens is 168 g/mol. The summed E-state index contributed by atoms with van der Waals surface area (Å²) in [6.07, 6.45) is 8.04. The lowest BCUT2D eigenvalue weighted by atomic mass is 10.5. The van der Waals surface area contributed by atoms with E-state index in [-0.39, 0.29) is 12.2 Å². The lowest BCUT2D eigenvalue weighted by Crippen LogP contribution is -2.15. The van der Waals surface area contributed by atoms with Gasteiger partial charge in [0.2, 0.25) is 0 Å². The summed E-state index contributed by atoms with van der Waals surface area (Å²) in [5.41, 5.74) is 0.883. The number of H-pyrrole nitrogens is 1. The van der Waals surface area contributed by atoms with Gasteiger partial charge in [0.15, 0.2) is 5.65 Å². The zero-order valence-electron chi connectivity index (χ0n) is 6.69. The van der Waals surface area contributed by atoms with Gasteiger partial charge in [-0.1, -0.05) is 5.92 Å². The molecule has 5 heteroatoms. The summed E-state index contributed by atoms with van der Waals surface area (Å²) < 4.78 is 1.41. The van der Waals surface area contributed by atoms with E-state index < -0.39 is 0 Å². The van der Waals surface area contributed by atoms with Crippen LogP contribution < -0.4 is 5.69 Å². The van der Waals surface area contributed by atoms with Crippen molar-refractivity contribution in [2.75, 3.05) is 0 Å². The number of imidazole rings is 1. The van der Waals surface area contributed by atoms with Crippen LogP contribution in [-0.4, -0.2) is 19.5 Å². The van der Waals surface area contributed by atoms with Crippen molar-refractivity contribution in [2.45, 2.75) is 6.54 Å². The molecule has 64 valence electrons. The predicted octanol–water partition coefficient (Wildman–Crippen LogP) is -0.247. The molecule has 0 unspecified atom stereocenters. The molecule has 13 heavy (non-hydrogen) atoms. The number of nitrogens with one attached hydrogen (secondary N) is 1. The molecule has 2 heterocycles. The second-order valence-corrected chi connectivity index (χ2v) is 2.48. The largest absolute Gasteiger partial charge is 0.328 e. The van der Waals surface area contributed by atoms with Crippen LogP contribution in [0.3, 0.4) is 0 Å². The number of hydrogen-bond donors (Lipinski definition) is 1. The van der Waals surface area contributed by atoms with E-state index in [2.05, 4.69) is 20.9 Å². The first-order valence-electron chi connectivity index (χ1n) is 3.65. The van der Waals surface area contributed by atoms with Crippen LogP contribution in [0.1, 0.15) is 0 Å². The average Bonchev–Trinajstić information content (AvgIpc) is 2.44. The Morgan fingerprint density at radius 1 is 1.69 bits per heavy atom. The minimum Gasteiger partial charge on any atom is -0.290 e. The summed E-state index contributed by atoms with van der Waals surface area (Å²) in [5.74, 6) is 2.39. The van der Waals surface area contributed by atoms with Gasteiger partial charge in [-0.3, -0.25) is 9.55 Å². The second kappa shape index (κ2) is 2.75. The Bertz CT molecular complexity index is 531. The topological polar surface area (TPSA) is 63.6 Å². The van der Waals surface area contributed by atoms with Gasteiger partial charge in [-0.2, -0.15) is 0 Å². The summed E-state index contributed by atoms with van der Waals surface area (Å²) in [5, 5.41) is 0. The van der Waals surface area contributed by atoms with Crippen molar-refractivity contribution >= 4 is 11.2 Å². The Labute approximate surface area is 73.4 Å². The van der Waals surface area contributed by atoms with Gasteiger partial charge in [-0.15, -0.1) is 6.42 Å². The predicted molar refractivity (Wildman–Crippen MR) is 47.0 cm³/mol. The number of fused-ring (bicyclic) bond motifs is 1. The van der Waals surface area contributed by atoms with E-state index in [1.165, 1.54) is 10.9 Å². The van der Waals surface area contributed by atoms with Crippen LogP contribution in [0.5, 0.6) is 0 Å². The third-order valence-electron chi connectivity index (χ3n) is 1.70. The highest BCUT2D eigenvalue weighted by molar-refractivity contribution is 5.68. The van der Waals surface area contributed by atoms with Crippen molar-refractivity contribution in [3.05, 3.63) is 23.0 Å². The Balaban J connectivity index is 2.80. The molecule has 2 aromatic heterocycles.